The number of rotatable bonds is 7. The average molecular weight is 286 g/mol. The van der Waals surface area contributed by atoms with Gasteiger partial charge in [-0.05, 0) is 12.8 Å². The van der Waals surface area contributed by atoms with Gasteiger partial charge in [-0.3, -0.25) is 0 Å². The van der Waals surface area contributed by atoms with Crippen LogP contribution in [0.4, 0.5) is 0 Å². The summed E-state index contributed by atoms with van der Waals surface area (Å²) in [5.41, 5.74) is 0. The van der Waals surface area contributed by atoms with Gasteiger partial charge in [-0.15, -0.1) is 0 Å². The number of hydrogen-bond acceptors (Lipinski definition) is 2. The minimum atomic E-state index is -0.326. The molecule has 0 aliphatic carbocycles. The second-order valence-electron chi connectivity index (χ2n) is 3.09. The molecule has 0 aromatic carbocycles. The van der Waals surface area contributed by atoms with Gasteiger partial charge in [0.2, 0.25) is 0 Å². The van der Waals surface area contributed by atoms with Crippen LogP contribution in [0.2, 0.25) is 0 Å². The van der Waals surface area contributed by atoms with Crippen LogP contribution < -0.4 is 0 Å². The number of alkyl halides is 1. The number of aliphatic hydroxyl groups is 2. The van der Waals surface area contributed by atoms with E-state index in [9.17, 15) is 5.11 Å². The van der Waals surface area contributed by atoms with E-state index in [0.717, 1.165) is 6.42 Å². The van der Waals surface area contributed by atoms with Gasteiger partial charge in [-0.2, -0.15) is 0 Å². The molecule has 12 heavy (non-hydrogen) atoms. The van der Waals surface area contributed by atoms with Gasteiger partial charge in [-0.1, -0.05) is 48.8 Å². The summed E-state index contributed by atoms with van der Waals surface area (Å²) in [5, 5.41) is 18.0. The number of aliphatic hydroxyl groups excluding tert-OH is 2. The number of hydrogen-bond donors (Lipinski definition) is 2. The maximum atomic E-state index is 9.45. The summed E-state index contributed by atoms with van der Waals surface area (Å²) in [6, 6.07) is 0. The fourth-order valence-corrected chi connectivity index (χ4v) is 1.89. The van der Waals surface area contributed by atoms with Crippen LogP contribution in [0, 0.1) is 0 Å². The zero-order valence-electron chi connectivity index (χ0n) is 7.67. The lowest BCUT2D eigenvalue weighted by Crippen LogP contribution is -2.21. The van der Waals surface area contributed by atoms with Gasteiger partial charge < -0.3 is 10.2 Å². The number of halogens is 1. The van der Waals surface area contributed by atoms with Crippen LogP contribution in [0.3, 0.4) is 0 Å². The second kappa shape index (κ2) is 8.26. The molecule has 0 radical (unpaired) electrons. The molecule has 74 valence electrons. The quantitative estimate of drug-likeness (QED) is 0.427. The molecular weight excluding hydrogens is 267 g/mol. The molecule has 0 saturated carbocycles. The van der Waals surface area contributed by atoms with E-state index < -0.39 is 0 Å². The topological polar surface area (TPSA) is 40.5 Å². The van der Waals surface area contributed by atoms with Crippen molar-refractivity contribution in [1.82, 2.24) is 0 Å². The molecule has 3 heteroatoms. The van der Waals surface area contributed by atoms with Crippen LogP contribution in [0.25, 0.3) is 0 Å². The third-order valence-electron chi connectivity index (χ3n) is 1.93. The molecular formula is C9H19IO2. The minimum absolute atomic E-state index is 0.0917. The SMILES string of the molecule is CCCCC[C@@H](I)[C@H](O)CCO. The van der Waals surface area contributed by atoms with Gasteiger partial charge in [0.1, 0.15) is 0 Å². The van der Waals surface area contributed by atoms with Crippen LogP contribution in [0.15, 0.2) is 0 Å². The highest BCUT2D eigenvalue weighted by Gasteiger charge is 2.13. The molecule has 0 unspecified atom stereocenters. The van der Waals surface area contributed by atoms with Crippen LogP contribution >= 0.6 is 22.6 Å². The molecule has 0 saturated heterocycles. The predicted molar refractivity (Wildman–Crippen MR) is 59.7 cm³/mol. The Labute approximate surface area is 88.5 Å². The second-order valence-corrected chi connectivity index (χ2v) is 4.69. The van der Waals surface area contributed by atoms with Crippen LogP contribution in [0.1, 0.15) is 39.0 Å². The molecule has 0 aliphatic heterocycles. The standard InChI is InChI=1S/C9H19IO2/c1-2-3-4-5-8(10)9(12)6-7-11/h8-9,11-12H,2-7H2,1H3/t8-,9-/m1/s1. The zero-order chi connectivity index (χ0) is 9.40. The molecule has 0 rings (SSSR count). The van der Waals surface area contributed by atoms with Gasteiger partial charge in [-0.25, -0.2) is 0 Å². The molecule has 0 aromatic rings. The summed E-state index contributed by atoms with van der Waals surface area (Å²) in [5.74, 6) is 0. The Kier molecular flexibility index (Phi) is 8.70. The minimum Gasteiger partial charge on any atom is -0.396 e. The highest BCUT2D eigenvalue weighted by Crippen LogP contribution is 2.17. The van der Waals surface area contributed by atoms with Crippen molar-refractivity contribution in [2.24, 2.45) is 0 Å². The van der Waals surface area contributed by atoms with Crippen LogP contribution in [-0.4, -0.2) is 26.8 Å². The highest BCUT2D eigenvalue weighted by molar-refractivity contribution is 14.1. The fourth-order valence-electron chi connectivity index (χ4n) is 1.09. The van der Waals surface area contributed by atoms with Crippen LogP contribution in [-0.2, 0) is 0 Å². The molecule has 0 aliphatic rings. The first-order valence-electron chi connectivity index (χ1n) is 4.65. The van der Waals surface area contributed by atoms with Crippen molar-refractivity contribution in [3.05, 3.63) is 0 Å². The maximum Gasteiger partial charge on any atom is 0.0679 e. The van der Waals surface area contributed by atoms with Crippen molar-refractivity contribution in [2.75, 3.05) is 6.61 Å². The Hall–Kier alpha value is 0.650. The van der Waals surface area contributed by atoms with E-state index in [2.05, 4.69) is 29.5 Å². The first kappa shape index (κ1) is 12.7. The maximum absolute atomic E-state index is 9.45. The lowest BCUT2D eigenvalue weighted by molar-refractivity contribution is 0.131. The Morgan fingerprint density at radius 3 is 2.42 bits per heavy atom. The van der Waals surface area contributed by atoms with Crippen molar-refractivity contribution in [2.45, 2.75) is 49.1 Å². The molecule has 0 aromatic heterocycles. The Bertz CT molecular complexity index is 98.5. The van der Waals surface area contributed by atoms with Crippen molar-refractivity contribution in [1.29, 1.82) is 0 Å². The van der Waals surface area contributed by atoms with Gasteiger partial charge >= 0.3 is 0 Å². The molecule has 2 atom stereocenters. The summed E-state index contributed by atoms with van der Waals surface area (Å²) < 4.78 is 0.307. The van der Waals surface area contributed by atoms with E-state index in [4.69, 9.17) is 5.11 Å². The molecule has 0 amide bonds. The van der Waals surface area contributed by atoms with Gasteiger partial charge in [0.15, 0.2) is 0 Å². The van der Waals surface area contributed by atoms with Gasteiger partial charge in [0, 0.05) is 10.5 Å². The van der Waals surface area contributed by atoms with E-state index in [0.29, 0.717) is 10.3 Å². The molecule has 2 N–H and O–H groups in total. The monoisotopic (exact) mass is 286 g/mol. The Balaban J connectivity index is 3.35. The molecule has 0 fully saturated rings. The Morgan fingerprint density at radius 1 is 1.25 bits per heavy atom. The molecule has 0 spiro atoms. The van der Waals surface area contributed by atoms with Crippen LogP contribution in [0.5, 0.6) is 0 Å². The molecule has 0 heterocycles. The fraction of sp³-hybridized carbons (Fsp3) is 1.00. The van der Waals surface area contributed by atoms with E-state index in [1.54, 1.807) is 0 Å². The van der Waals surface area contributed by atoms with Crippen molar-refractivity contribution in [3.63, 3.8) is 0 Å². The summed E-state index contributed by atoms with van der Waals surface area (Å²) in [7, 11) is 0. The van der Waals surface area contributed by atoms with E-state index >= 15 is 0 Å². The molecule has 2 nitrogen and oxygen atoms in total. The predicted octanol–water partition coefficient (Wildman–Crippen LogP) is 2.11. The zero-order valence-corrected chi connectivity index (χ0v) is 9.83. The first-order valence-corrected chi connectivity index (χ1v) is 5.90. The van der Waals surface area contributed by atoms with Crippen molar-refractivity contribution < 1.29 is 10.2 Å². The van der Waals surface area contributed by atoms with Gasteiger partial charge in [0.25, 0.3) is 0 Å². The van der Waals surface area contributed by atoms with E-state index in [1.807, 2.05) is 0 Å². The number of unbranched alkanes of at least 4 members (excludes halogenated alkanes) is 2. The Morgan fingerprint density at radius 2 is 1.92 bits per heavy atom. The molecule has 0 bridgehead atoms. The highest BCUT2D eigenvalue weighted by atomic mass is 127. The summed E-state index contributed by atoms with van der Waals surface area (Å²) in [6.07, 6.45) is 4.90. The third-order valence-corrected chi connectivity index (χ3v) is 3.38. The normalized spacial score (nSPS) is 16.0. The lowest BCUT2D eigenvalue weighted by atomic mass is 10.1. The summed E-state index contributed by atoms with van der Waals surface area (Å²) >= 11 is 2.27. The van der Waals surface area contributed by atoms with E-state index in [1.165, 1.54) is 19.3 Å². The van der Waals surface area contributed by atoms with Crippen molar-refractivity contribution >= 4 is 22.6 Å². The lowest BCUT2D eigenvalue weighted by Gasteiger charge is -2.15. The smallest absolute Gasteiger partial charge is 0.0679 e. The average Bonchev–Trinajstić information content (AvgIpc) is 2.05. The summed E-state index contributed by atoms with van der Waals surface area (Å²) in [6.45, 7) is 2.26. The van der Waals surface area contributed by atoms with E-state index in [-0.39, 0.29) is 12.7 Å². The third kappa shape index (κ3) is 6.20. The van der Waals surface area contributed by atoms with Gasteiger partial charge in [0.05, 0.1) is 6.10 Å². The largest absolute Gasteiger partial charge is 0.396 e. The summed E-state index contributed by atoms with van der Waals surface area (Å²) in [4.78, 5) is 0. The first-order chi connectivity index (χ1) is 5.72. The van der Waals surface area contributed by atoms with Crippen molar-refractivity contribution in [3.8, 4) is 0 Å².